The number of aryl methyl sites for hydroxylation is 1. The van der Waals surface area contributed by atoms with E-state index >= 15 is 0 Å². The lowest BCUT2D eigenvalue weighted by molar-refractivity contribution is -0.140. The Hall–Kier alpha value is -4.34. The fourth-order valence-electron chi connectivity index (χ4n) is 5.13. The van der Waals surface area contributed by atoms with Gasteiger partial charge < -0.3 is 15.0 Å². The Morgan fingerprint density at radius 1 is 0.872 bits per heavy atom. The highest BCUT2D eigenvalue weighted by molar-refractivity contribution is 7.92. The normalized spacial score (nSPS) is 11.8. The molecule has 4 aromatic rings. The number of hydrogen-bond donors (Lipinski definition) is 1. The van der Waals surface area contributed by atoms with E-state index < -0.39 is 28.5 Å². The molecule has 0 spiro atoms. The molecule has 248 valence electrons. The van der Waals surface area contributed by atoms with E-state index in [0.717, 1.165) is 28.3 Å². The van der Waals surface area contributed by atoms with Crippen molar-refractivity contribution in [3.63, 3.8) is 0 Å². The van der Waals surface area contributed by atoms with Crippen LogP contribution in [0.15, 0.2) is 108 Å². The minimum absolute atomic E-state index is 0.0415. The number of nitrogens with one attached hydrogen (secondary N) is 1. The lowest BCUT2D eigenvalue weighted by Gasteiger charge is -2.34. The molecule has 0 bridgehead atoms. The second kappa shape index (κ2) is 17.0. The predicted octanol–water partition coefficient (Wildman–Crippen LogP) is 6.80. The Labute approximate surface area is 283 Å². The lowest BCUT2D eigenvalue weighted by Crippen LogP contribution is -2.53. The number of nitrogens with zero attached hydrogens (tertiary/aromatic N) is 2. The summed E-state index contributed by atoms with van der Waals surface area (Å²) in [5.41, 5.74) is 2.76. The third kappa shape index (κ3) is 9.83. The first-order valence-corrected chi connectivity index (χ1v) is 17.6. The maximum absolute atomic E-state index is 14.6. The van der Waals surface area contributed by atoms with Crippen LogP contribution in [0.3, 0.4) is 0 Å². The summed E-state index contributed by atoms with van der Waals surface area (Å²) in [6.45, 7) is 6.17. The number of benzene rings is 4. The predicted molar refractivity (Wildman–Crippen MR) is 187 cm³/mol. The van der Waals surface area contributed by atoms with Crippen molar-refractivity contribution in [2.45, 2.75) is 57.5 Å². The molecule has 0 saturated carbocycles. The van der Waals surface area contributed by atoms with E-state index in [2.05, 4.69) is 5.32 Å². The molecule has 0 saturated heterocycles. The van der Waals surface area contributed by atoms with Crippen LogP contribution in [0.4, 0.5) is 5.69 Å². The molecule has 10 heteroatoms. The number of carbonyl (C=O) groups is 2. The monoisotopic (exact) mass is 675 g/mol. The van der Waals surface area contributed by atoms with Crippen molar-refractivity contribution >= 4 is 39.1 Å². The average Bonchev–Trinajstić information content (AvgIpc) is 3.06. The number of ether oxygens (including phenoxy) is 1. The van der Waals surface area contributed by atoms with Crippen LogP contribution >= 0.6 is 11.6 Å². The molecule has 8 nitrogen and oxygen atoms in total. The number of unbranched alkanes of at least 4 members (excludes halogenated alkanes) is 1. The third-order valence-electron chi connectivity index (χ3n) is 7.67. The van der Waals surface area contributed by atoms with Gasteiger partial charge in [0.15, 0.2) is 0 Å². The minimum atomic E-state index is -4.20. The first kappa shape index (κ1) is 35.5. The second-order valence-corrected chi connectivity index (χ2v) is 13.6. The zero-order valence-corrected chi connectivity index (χ0v) is 28.6. The van der Waals surface area contributed by atoms with Crippen LogP contribution in [-0.2, 0) is 32.6 Å². The van der Waals surface area contributed by atoms with Gasteiger partial charge in [0.1, 0.15) is 18.3 Å². The zero-order chi connectivity index (χ0) is 33.8. The number of halogens is 1. The summed E-state index contributed by atoms with van der Waals surface area (Å²) in [5.74, 6) is -0.280. The van der Waals surface area contributed by atoms with Gasteiger partial charge in [0.25, 0.3) is 10.0 Å². The Morgan fingerprint density at radius 3 is 2.19 bits per heavy atom. The van der Waals surface area contributed by atoms with Crippen molar-refractivity contribution in [1.82, 2.24) is 10.2 Å². The van der Waals surface area contributed by atoms with Crippen molar-refractivity contribution < 1.29 is 22.7 Å². The maximum Gasteiger partial charge on any atom is 0.264 e. The van der Waals surface area contributed by atoms with Crippen LogP contribution in [0.1, 0.15) is 43.4 Å². The van der Waals surface area contributed by atoms with Crippen LogP contribution in [0.5, 0.6) is 5.75 Å². The molecule has 1 atom stereocenters. The van der Waals surface area contributed by atoms with Gasteiger partial charge in [0, 0.05) is 24.5 Å². The van der Waals surface area contributed by atoms with E-state index in [0.29, 0.717) is 29.5 Å². The van der Waals surface area contributed by atoms with Gasteiger partial charge in [-0.1, -0.05) is 85.1 Å². The number of hydrogen-bond acceptors (Lipinski definition) is 5. The van der Waals surface area contributed by atoms with Gasteiger partial charge >= 0.3 is 0 Å². The largest absolute Gasteiger partial charge is 0.494 e. The maximum atomic E-state index is 14.6. The Morgan fingerprint density at radius 2 is 1.55 bits per heavy atom. The van der Waals surface area contributed by atoms with E-state index in [1.807, 2.05) is 57.2 Å². The first-order chi connectivity index (χ1) is 22.6. The van der Waals surface area contributed by atoms with Crippen LogP contribution in [0.25, 0.3) is 0 Å². The quantitative estimate of drug-likeness (QED) is 0.132. The summed E-state index contributed by atoms with van der Waals surface area (Å²) in [4.78, 5) is 29.9. The molecule has 0 heterocycles. The molecule has 47 heavy (non-hydrogen) atoms. The van der Waals surface area contributed by atoms with Crippen molar-refractivity contribution in [2.75, 3.05) is 24.0 Å². The smallest absolute Gasteiger partial charge is 0.264 e. The molecule has 4 rings (SSSR count). The molecular formula is C37H42ClN3O5S. The molecule has 0 aliphatic carbocycles. The highest BCUT2D eigenvalue weighted by Gasteiger charge is 2.34. The highest BCUT2D eigenvalue weighted by atomic mass is 35.5. The third-order valence-corrected chi connectivity index (χ3v) is 9.69. The molecule has 0 aliphatic heterocycles. The zero-order valence-electron chi connectivity index (χ0n) is 27.1. The summed E-state index contributed by atoms with van der Waals surface area (Å²) in [6.07, 6.45) is 1.91. The Balaban J connectivity index is 1.79. The van der Waals surface area contributed by atoms with Crippen LogP contribution in [0, 0.1) is 6.92 Å². The molecule has 0 aromatic heterocycles. The lowest BCUT2D eigenvalue weighted by atomic mass is 10.0. The number of amides is 2. The van der Waals surface area contributed by atoms with E-state index in [1.165, 1.54) is 17.0 Å². The molecule has 1 N–H and O–H groups in total. The fourth-order valence-corrected chi connectivity index (χ4v) is 6.76. The Bertz CT molecular complexity index is 1720. The summed E-state index contributed by atoms with van der Waals surface area (Å²) in [6, 6.07) is 28.7. The molecular weight excluding hydrogens is 634 g/mol. The van der Waals surface area contributed by atoms with Gasteiger partial charge in [-0.2, -0.15) is 0 Å². The minimum Gasteiger partial charge on any atom is -0.494 e. The van der Waals surface area contributed by atoms with Crippen LogP contribution < -0.4 is 14.4 Å². The topological polar surface area (TPSA) is 96.0 Å². The van der Waals surface area contributed by atoms with Gasteiger partial charge in [0.2, 0.25) is 11.8 Å². The summed E-state index contributed by atoms with van der Waals surface area (Å²) >= 11 is 6.32. The molecule has 4 aromatic carbocycles. The van der Waals surface area contributed by atoms with E-state index in [-0.39, 0.29) is 29.5 Å². The second-order valence-electron chi connectivity index (χ2n) is 11.3. The SMILES string of the molecule is CCCCNC(=O)[C@H](Cc1ccccc1)N(Cc1cccc(Cl)c1)C(=O)CN(c1ccc(OCC)cc1)S(=O)(=O)c1ccc(C)cc1. The molecule has 0 radical (unpaired) electrons. The van der Waals surface area contributed by atoms with Gasteiger partial charge in [0.05, 0.1) is 17.2 Å². The fraction of sp³-hybridized carbons (Fsp3) is 0.297. The number of anilines is 1. The van der Waals surface area contributed by atoms with Crippen molar-refractivity contribution in [3.05, 3.63) is 125 Å². The van der Waals surface area contributed by atoms with Crippen LogP contribution in [0.2, 0.25) is 5.02 Å². The summed E-state index contributed by atoms with van der Waals surface area (Å²) < 4.78 is 35.1. The molecule has 0 aliphatic rings. The van der Waals surface area contributed by atoms with E-state index in [4.69, 9.17) is 16.3 Å². The van der Waals surface area contributed by atoms with Gasteiger partial charge in [-0.25, -0.2) is 8.42 Å². The number of rotatable bonds is 16. The molecule has 0 fully saturated rings. The number of carbonyl (C=O) groups excluding carboxylic acids is 2. The molecule has 0 unspecified atom stereocenters. The van der Waals surface area contributed by atoms with E-state index in [9.17, 15) is 18.0 Å². The van der Waals surface area contributed by atoms with Crippen LogP contribution in [-0.4, -0.2) is 50.9 Å². The van der Waals surface area contributed by atoms with Gasteiger partial charge in [-0.3, -0.25) is 13.9 Å². The summed E-state index contributed by atoms with van der Waals surface area (Å²) in [5, 5.41) is 3.48. The average molecular weight is 676 g/mol. The van der Waals surface area contributed by atoms with Crippen molar-refractivity contribution in [1.29, 1.82) is 0 Å². The summed E-state index contributed by atoms with van der Waals surface area (Å²) in [7, 11) is -4.20. The number of sulfonamides is 1. The van der Waals surface area contributed by atoms with Gasteiger partial charge in [-0.15, -0.1) is 0 Å². The molecule has 2 amide bonds. The van der Waals surface area contributed by atoms with Gasteiger partial charge in [-0.05, 0) is 79.9 Å². The highest BCUT2D eigenvalue weighted by Crippen LogP contribution is 2.27. The standard InChI is InChI=1S/C37H42ClN3O5S/c1-4-6-23-39-37(43)35(25-29-11-8-7-9-12-29)40(26-30-13-10-14-31(38)24-30)36(42)27-41(32-17-19-33(20-18-32)46-5-2)47(44,45)34-21-15-28(3)16-22-34/h7-22,24,35H,4-6,23,25-27H2,1-3H3,(H,39,43)/t35-/m0/s1. The Kier molecular flexibility index (Phi) is 12.8. The first-order valence-electron chi connectivity index (χ1n) is 15.8. The van der Waals surface area contributed by atoms with Crippen molar-refractivity contribution in [3.8, 4) is 5.75 Å². The van der Waals surface area contributed by atoms with Crippen molar-refractivity contribution in [2.24, 2.45) is 0 Å². The van der Waals surface area contributed by atoms with E-state index in [1.54, 1.807) is 54.6 Å².